The highest BCUT2D eigenvalue weighted by Crippen LogP contribution is 2.28. The molecule has 1 saturated carbocycles. The van der Waals surface area contributed by atoms with Crippen LogP contribution in [0, 0.1) is 5.92 Å². The van der Waals surface area contributed by atoms with Crippen molar-refractivity contribution >= 4 is 11.6 Å². The van der Waals surface area contributed by atoms with E-state index in [2.05, 4.69) is 30.5 Å². The van der Waals surface area contributed by atoms with Gasteiger partial charge in [0.2, 0.25) is 0 Å². The molecule has 116 valence electrons. The second-order valence-corrected chi connectivity index (χ2v) is 6.11. The minimum absolute atomic E-state index is 0.0233. The van der Waals surface area contributed by atoms with Crippen LogP contribution in [0.15, 0.2) is 24.3 Å². The zero-order valence-corrected chi connectivity index (χ0v) is 13.3. The molecule has 1 aliphatic rings. The van der Waals surface area contributed by atoms with Crippen LogP contribution in [0.3, 0.4) is 0 Å². The molecule has 0 radical (unpaired) electrons. The first kappa shape index (κ1) is 15.9. The van der Waals surface area contributed by atoms with Crippen LogP contribution in [-0.4, -0.2) is 18.5 Å². The number of amides is 1. The van der Waals surface area contributed by atoms with E-state index in [1.807, 2.05) is 18.2 Å². The highest BCUT2D eigenvalue weighted by Gasteiger charge is 2.19. The van der Waals surface area contributed by atoms with Gasteiger partial charge in [0.1, 0.15) is 0 Å². The standard InChI is InChI=1S/C18H28N2O/c1-3-12-19-18(21)15-6-5-7-17(13-15)20-16-10-8-14(4-2)9-11-16/h5-7,13-14,16,20H,3-4,8-12H2,1-2H3,(H,19,21). The Morgan fingerprint density at radius 2 is 1.95 bits per heavy atom. The number of anilines is 1. The maximum Gasteiger partial charge on any atom is 0.251 e. The van der Waals surface area contributed by atoms with E-state index < -0.39 is 0 Å². The van der Waals surface area contributed by atoms with Crippen molar-refractivity contribution in [2.45, 2.75) is 58.4 Å². The summed E-state index contributed by atoms with van der Waals surface area (Å²) in [5, 5.41) is 6.52. The molecule has 0 atom stereocenters. The molecule has 0 aliphatic heterocycles. The summed E-state index contributed by atoms with van der Waals surface area (Å²) in [6, 6.07) is 8.42. The molecule has 3 nitrogen and oxygen atoms in total. The Morgan fingerprint density at radius 1 is 1.19 bits per heavy atom. The monoisotopic (exact) mass is 288 g/mol. The topological polar surface area (TPSA) is 41.1 Å². The quantitative estimate of drug-likeness (QED) is 0.823. The van der Waals surface area contributed by atoms with Crippen LogP contribution >= 0.6 is 0 Å². The third-order valence-electron chi connectivity index (χ3n) is 4.46. The van der Waals surface area contributed by atoms with E-state index in [1.54, 1.807) is 0 Å². The largest absolute Gasteiger partial charge is 0.382 e. The average Bonchev–Trinajstić information content (AvgIpc) is 2.53. The van der Waals surface area contributed by atoms with E-state index in [0.717, 1.165) is 30.1 Å². The van der Waals surface area contributed by atoms with Crippen molar-refractivity contribution in [3.8, 4) is 0 Å². The lowest BCUT2D eigenvalue weighted by molar-refractivity contribution is 0.0953. The molecule has 3 heteroatoms. The van der Waals surface area contributed by atoms with E-state index in [0.29, 0.717) is 6.04 Å². The van der Waals surface area contributed by atoms with Crippen LogP contribution in [0.1, 0.15) is 62.7 Å². The van der Waals surface area contributed by atoms with Gasteiger partial charge in [-0.15, -0.1) is 0 Å². The van der Waals surface area contributed by atoms with Gasteiger partial charge in [0.05, 0.1) is 0 Å². The maximum absolute atomic E-state index is 12.0. The van der Waals surface area contributed by atoms with Crippen molar-refractivity contribution in [3.05, 3.63) is 29.8 Å². The zero-order valence-electron chi connectivity index (χ0n) is 13.3. The second-order valence-electron chi connectivity index (χ2n) is 6.11. The fourth-order valence-electron chi connectivity index (χ4n) is 3.04. The van der Waals surface area contributed by atoms with E-state index in [-0.39, 0.29) is 5.91 Å². The molecule has 2 N–H and O–H groups in total. The van der Waals surface area contributed by atoms with Gasteiger partial charge in [0.15, 0.2) is 0 Å². The fourth-order valence-corrected chi connectivity index (χ4v) is 3.04. The molecule has 1 fully saturated rings. The van der Waals surface area contributed by atoms with Gasteiger partial charge in [-0.05, 0) is 56.2 Å². The zero-order chi connectivity index (χ0) is 15.1. The first-order valence-corrected chi connectivity index (χ1v) is 8.37. The lowest BCUT2D eigenvalue weighted by atomic mass is 9.84. The van der Waals surface area contributed by atoms with Gasteiger partial charge in [-0.2, -0.15) is 0 Å². The van der Waals surface area contributed by atoms with Gasteiger partial charge in [0, 0.05) is 23.8 Å². The Hall–Kier alpha value is -1.51. The number of carbonyl (C=O) groups excluding carboxylic acids is 1. The van der Waals surface area contributed by atoms with Crippen molar-refractivity contribution in [1.29, 1.82) is 0 Å². The Balaban J connectivity index is 1.90. The Bertz CT molecular complexity index is 450. The average molecular weight is 288 g/mol. The van der Waals surface area contributed by atoms with Crippen LogP contribution in [0.2, 0.25) is 0 Å². The molecule has 1 amide bonds. The van der Waals surface area contributed by atoms with E-state index in [4.69, 9.17) is 0 Å². The summed E-state index contributed by atoms with van der Waals surface area (Å²) in [6.45, 7) is 5.08. The smallest absolute Gasteiger partial charge is 0.251 e. The van der Waals surface area contributed by atoms with Gasteiger partial charge >= 0.3 is 0 Å². The summed E-state index contributed by atoms with van der Waals surface area (Å²) in [4.78, 5) is 12.0. The molecule has 0 heterocycles. The minimum atomic E-state index is 0.0233. The number of benzene rings is 1. The first-order valence-electron chi connectivity index (χ1n) is 8.37. The molecule has 2 rings (SSSR count). The normalized spacial score (nSPS) is 21.8. The predicted octanol–water partition coefficient (Wildman–Crippen LogP) is 4.21. The molecule has 0 saturated heterocycles. The summed E-state index contributed by atoms with van der Waals surface area (Å²) in [7, 11) is 0. The summed E-state index contributed by atoms with van der Waals surface area (Å²) >= 11 is 0. The maximum atomic E-state index is 12.0. The van der Waals surface area contributed by atoms with Gasteiger partial charge in [0.25, 0.3) is 5.91 Å². The Labute approximate surface area is 128 Å². The minimum Gasteiger partial charge on any atom is -0.382 e. The predicted molar refractivity (Wildman–Crippen MR) is 88.7 cm³/mol. The third kappa shape index (κ3) is 4.76. The number of hydrogen-bond donors (Lipinski definition) is 2. The van der Waals surface area contributed by atoms with Crippen LogP contribution in [-0.2, 0) is 0 Å². The van der Waals surface area contributed by atoms with Crippen molar-refractivity contribution in [2.24, 2.45) is 5.92 Å². The van der Waals surface area contributed by atoms with Crippen LogP contribution in [0.5, 0.6) is 0 Å². The second kappa shape index (κ2) is 8.06. The molecule has 0 bridgehead atoms. The summed E-state index contributed by atoms with van der Waals surface area (Å²) in [6.07, 6.45) is 7.40. The van der Waals surface area contributed by atoms with E-state index >= 15 is 0 Å². The lowest BCUT2D eigenvalue weighted by Gasteiger charge is -2.29. The molecule has 0 spiro atoms. The van der Waals surface area contributed by atoms with Crippen LogP contribution < -0.4 is 10.6 Å². The molecule has 1 aromatic carbocycles. The molecule has 21 heavy (non-hydrogen) atoms. The van der Waals surface area contributed by atoms with Crippen LogP contribution in [0.25, 0.3) is 0 Å². The van der Waals surface area contributed by atoms with Crippen molar-refractivity contribution in [1.82, 2.24) is 5.32 Å². The molecular formula is C18H28N2O. The highest BCUT2D eigenvalue weighted by molar-refractivity contribution is 5.95. The number of rotatable bonds is 6. The summed E-state index contributed by atoms with van der Waals surface area (Å²) < 4.78 is 0. The summed E-state index contributed by atoms with van der Waals surface area (Å²) in [5.41, 5.74) is 1.81. The van der Waals surface area contributed by atoms with Crippen molar-refractivity contribution in [3.63, 3.8) is 0 Å². The molecule has 1 aromatic rings. The van der Waals surface area contributed by atoms with Gasteiger partial charge < -0.3 is 10.6 Å². The van der Waals surface area contributed by atoms with Gasteiger partial charge in [-0.25, -0.2) is 0 Å². The highest BCUT2D eigenvalue weighted by atomic mass is 16.1. The number of carbonyl (C=O) groups is 1. The molecule has 0 aromatic heterocycles. The van der Waals surface area contributed by atoms with E-state index in [9.17, 15) is 4.79 Å². The third-order valence-corrected chi connectivity index (χ3v) is 4.46. The van der Waals surface area contributed by atoms with Crippen LogP contribution in [0.4, 0.5) is 5.69 Å². The summed E-state index contributed by atoms with van der Waals surface area (Å²) in [5.74, 6) is 0.935. The SMILES string of the molecule is CCCNC(=O)c1cccc(NC2CCC(CC)CC2)c1. The molecular weight excluding hydrogens is 260 g/mol. The van der Waals surface area contributed by atoms with Gasteiger partial charge in [-0.1, -0.05) is 26.3 Å². The molecule has 0 unspecified atom stereocenters. The van der Waals surface area contributed by atoms with Gasteiger partial charge in [-0.3, -0.25) is 4.79 Å². The Morgan fingerprint density at radius 3 is 2.62 bits per heavy atom. The van der Waals surface area contributed by atoms with Crippen molar-refractivity contribution < 1.29 is 4.79 Å². The number of nitrogens with one attached hydrogen (secondary N) is 2. The Kier molecular flexibility index (Phi) is 6.09. The number of hydrogen-bond acceptors (Lipinski definition) is 2. The fraction of sp³-hybridized carbons (Fsp3) is 0.611. The van der Waals surface area contributed by atoms with E-state index in [1.165, 1.54) is 32.1 Å². The van der Waals surface area contributed by atoms with Crippen molar-refractivity contribution in [2.75, 3.05) is 11.9 Å². The lowest BCUT2D eigenvalue weighted by Crippen LogP contribution is -2.26. The first-order chi connectivity index (χ1) is 10.2. The molecule has 1 aliphatic carbocycles.